The summed E-state index contributed by atoms with van der Waals surface area (Å²) in [5.74, 6) is 0.0305. The number of halogens is 1. The van der Waals surface area contributed by atoms with Crippen LogP contribution in [0.15, 0.2) is 30.5 Å². The monoisotopic (exact) mass is 336 g/mol. The number of nitrogens with one attached hydrogen (secondary N) is 1. The third-order valence-corrected chi connectivity index (χ3v) is 4.43. The minimum absolute atomic E-state index is 0. The van der Waals surface area contributed by atoms with Gasteiger partial charge in [0.2, 0.25) is 0 Å². The lowest BCUT2D eigenvalue weighted by Crippen LogP contribution is -2.41. The lowest BCUT2D eigenvalue weighted by molar-refractivity contribution is 0.00578. The number of hydrogen-bond acceptors (Lipinski definition) is 4. The number of rotatable bonds is 4. The van der Waals surface area contributed by atoms with E-state index in [1.165, 1.54) is 6.07 Å². The minimum atomic E-state index is -0.721. The van der Waals surface area contributed by atoms with E-state index in [2.05, 4.69) is 10.2 Å². The summed E-state index contributed by atoms with van der Waals surface area (Å²) in [6, 6.07) is 6.49. The van der Waals surface area contributed by atoms with E-state index < -0.39 is 24.1 Å². The van der Waals surface area contributed by atoms with Crippen molar-refractivity contribution in [2.75, 3.05) is 0 Å². The summed E-state index contributed by atoms with van der Waals surface area (Å²) in [6.07, 6.45) is 1.64. The van der Waals surface area contributed by atoms with Crippen molar-refractivity contribution in [2.45, 2.75) is 52.9 Å². The first-order chi connectivity index (χ1) is 10.8. The van der Waals surface area contributed by atoms with Crippen molar-refractivity contribution in [2.24, 2.45) is 0 Å². The molecule has 1 aliphatic rings. The molecule has 0 saturated carbocycles. The Hall–Kier alpha value is -1.86. The lowest BCUT2D eigenvalue weighted by Gasteiger charge is -2.32. The maximum atomic E-state index is 14.4. The van der Waals surface area contributed by atoms with Crippen LogP contribution in [0.2, 0.25) is 0 Å². The van der Waals surface area contributed by atoms with Crippen LogP contribution in [0.5, 0.6) is 5.75 Å². The van der Waals surface area contributed by atoms with Gasteiger partial charge in [0, 0.05) is 19.2 Å². The number of hydrogen-bond donors (Lipinski definition) is 1. The van der Waals surface area contributed by atoms with Crippen molar-refractivity contribution >= 4 is 12.6 Å². The van der Waals surface area contributed by atoms with E-state index in [0.717, 1.165) is 5.69 Å². The van der Waals surface area contributed by atoms with Gasteiger partial charge in [-0.1, -0.05) is 13.5 Å². The van der Waals surface area contributed by atoms with Crippen molar-refractivity contribution in [3.05, 3.63) is 42.0 Å². The third kappa shape index (κ3) is 3.47. The van der Waals surface area contributed by atoms with Crippen molar-refractivity contribution in [1.29, 1.82) is 0 Å². The molecule has 0 amide bonds. The highest BCUT2D eigenvalue weighted by molar-refractivity contribution is 6.62. The van der Waals surface area contributed by atoms with Gasteiger partial charge in [0.1, 0.15) is 18.2 Å². The van der Waals surface area contributed by atoms with Gasteiger partial charge in [0.15, 0.2) is 0 Å². The van der Waals surface area contributed by atoms with E-state index in [0.29, 0.717) is 17.8 Å². The van der Waals surface area contributed by atoms with Gasteiger partial charge in [-0.2, -0.15) is 5.10 Å². The molecule has 0 aliphatic carbocycles. The van der Waals surface area contributed by atoms with Crippen LogP contribution in [0.4, 0.5) is 4.39 Å². The van der Waals surface area contributed by atoms with Crippen LogP contribution in [-0.4, -0.2) is 28.5 Å². The summed E-state index contributed by atoms with van der Waals surface area (Å²) in [7, 11) is -0.721. The standard InChI is InChI=1S/C16H20BFN2O3.CH4.H2/c1-15(2)16(3,4)23-17(22-15)13-6-5-12(9-14(13)18)21-10-11-7-8-19-20-11;;/h5-9H,10H2,1-4H3,(H,19,20);1H4;1H. The van der Waals surface area contributed by atoms with Crippen LogP contribution in [0.1, 0.15) is 42.2 Å². The van der Waals surface area contributed by atoms with Crippen LogP contribution in [-0.2, 0) is 15.9 Å². The lowest BCUT2D eigenvalue weighted by atomic mass is 9.78. The van der Waals surface area contributed by atoms with Gasteiger partial charge in [0.25, 0.3) is 0 Å². The number of benzene rings is 1. The van der Waals surface area contributed by atoms with E-state index in [1.807, 2.05) is 27.7 Å². The fourth-order valence-electron chi connectivity index (χ4n) is 2.28. The molecule has 0 atom stereocenters. The number of nitrogens with zero attached hydrogens (tertiary/aromatic N) is 1. The van der Waals surface area contributed by atoms with Crippen LogP contribution < -0.4 is 10.2 Å². The Morgan fingerprint density at radius 1 is 1.21 bits per heavy atom. The molecule has 1 aromatic heterocycles. The summed E-state index contributed by atoms with van der Waals surface area (Å²) < 4.78 is 31.7. The average molecular weight is 336 g/mol. The molecule has 2 heterocycles. The van der Waals surface area contributed by atoms with E-state index in [9.17, 15) is 4.39 Å². The molecular weight excluding hydrogens is 310 g/mol. The smallest absolute Gasteiger partial charge is 0.487 e. The van der Waals surface area contributed by atoms with Gasteiger partial charge in [-0.05, 0) is 39.8 Å². The maximum Gasteiger partial charge on any atom is 0.497 e. The van der Waals surface area contributed by atoms with Gasteiger partial charge in [-0.25, -0.2) is 4.39 Å². The fourth-order valence-corrected chi connectivity index (χ4v) is 2.28. The highest BCUT2D eigenvalue weighted by Crippen LogP contribution is 2.36. The molecule has 1 N–H and O–H groups in total. The molecule has 24 heavy (non-hydrogen) atoms. The van der Waals surface area contributed by atoms with Crippen molar-refractivity contribution < 1.29 is 19.9 Å². The van der Waals surface area contributed by atoms with Crippen LogP contribution in [0.3, 0.4) is 0 Å². The molecule has 2 aromatic rings. The minimum Gasteiger partial charge on any atom is -0.487 e. The summed E-state index contributed by atoms with van der Waals surface area (Å²) in [5, 5.41) is 6.62. The van der Waals surface area contributed by atoms with E-state index in [4.69, 9.17) is 14.0 Å². The molecule has 1 aliphatic heterocycles. The molecule has 0 radical (unpaired) electrons. The number of aromatic nitrogens is 2. The predicted octanol–water partition coefficient (Wildman–Crippen LogP) is 3.31. The summed E-state index contributed by atoms with van der Waals surface area (Å²) in [6.45, 7) is 8.05. The van der Waals surface area contributed by atoms with E-state index >= 15 is 0 Å². The Balaban J connectivity index is 0.00000156. The van der Waals surface area contributed by atoms with Gasteiger partial charge < -0.3 is 14.0 Å². The topological polar surface area (TPSA) is 56.4 Å². The zero-order chi connectivity index (χ0) is 16.7. The van der Waals surface area contributed by atoms with Crippen LogP contribution >= 0.6 is 0 Å². The largest absolute Gasteiger partial charge is 0.497 e. The van der Waals surface area contributed by atoms with Gasteiger partial charge in [-0.15, -0.1) is 0 Å². The quantitative estimate of drug-likeness (QED) is 0.871. The Kier molecular flexibility index (Phi) is 5.06. The van der Waals surface area contributed by atoms with Crippen molar-refractivity contribution in [1.82, 2.24) is 10.2 Å². The predicted molar refractivity (Wildman–Crippen MR) is 93.9 cm³/mol. The third-order valence-electron chi connectivity index (χ3n) is 4.43. The second-order valence-electron chi connectivity index (χ2n) is 6.64. The summed E-state index contributed by atoms with van der Waals surface area (Å²) >= 11 is 0. The highest BCUT2D eigenvalue weighted by Gasteiger charge is 2.52. The van der Waals surface area contributed by atoms with Gasteiger partial charge in [0.05, 0.1) is 16.9 Å². The Bertz CT molecular complexity index is 679. The molecule has 5 nitrogen and oxygen atoms in total. The molecule has 3 rings (SSSR count). The maximum absolute atomic E-state index is 14.4. The molecule has 7 heteroatoms. The molecule has 0 unspecified atom stereocenters. The Morgan fingerprint density at radius 3 is 2.42 bits per heavy atom. The van der Waals surface area contributed by atoms with Crippen LogP contribution in [0, 0.1) is 5.82 Å². The molecule has 1 aromatic carbocycles. The van der Waals surface area contributed by atoms with Crippen molar-refractivity contribution in [3.63, 3.8) is 0 Å². The first-order valence-corrected chi connectivity index (χ1v) is 7.55. The number of aromatic amines is 1. The SMILES string of the molecule is C.CC1(C)OB(c2ccc(OCc3ccn[nH]3)cc2F)OC1(C)C.[HH]. The summed E-state index contributed by atoms with van der Waals surface area (Å²) in [4.78, 5) is 0. The highest BCUT2D eigenvalue weighted by atomic mass is 19.1. The van der Waals surface area contributed by atoms with E-state index in [-0.39, 0.29) is 8.85 Å². The number of H-pyrrole nitrogens is 1. The Labute approximate surface area is 144 Å². The normalized spacial score (nSPS) is 18.3. The van der Waals surface area contributed by atoms with Gasteiger partial charge >= 0.3 is 7.12 Å². The average Bonchev–Trinajstić information content (AvgIpc) is 3.03. The zero-order valence-corrected chi connectivity index (χ0v) is 13.7. The Morgan fingerprint density at radius 2 is 1.88 bits per heavy atom. The first kappa shape index (κ1) is 18.5. The molecule has 0 spiro atoms. The van der Waals surface area contributed by atoms with Crippen LogP contribution in [0.25, 0.3) is 0 Å². The second-order valence-corrected chi connectivity index (χ2v) is 6.64. The molecular formula is C17H26BFN2O3. The number of ether oxygens (including phenoxy) is 1. The molecule has 0 bridgehead atoms. The first-order valence-electron chi connectivity index (χ1n) is 7.55. The fraction of sp³-hybridized carbons (Fsp3) is 0.471. The second kappa shape index (κ2) is 6.57. The molecule has 132 valence electrons. The van der Waals surface area contributed by atoms with Gasteiger partial charge in [-0.3, -0.25) is 5.10 Å². The van der Waals surface area contributed by atoms with Crippen molar-refractivity contribution in [3.8, 4) is 5.75 Å². The molecule has 1 fully saturated rings. The zero-order valence-electron chi connectivity index (χ0n) is 13.7. The molecule has 1 saturated heterocycles. The summed E-state index contributed by atoms with van der Waals surface area (Å²) in [5.41, 5.74) is 0.192. The van der Waals surface area contributed by atoms with E-state index in [1.54, 1.807) is 24.4 Å².